The third-order valence-electron chi connectivity index (χ3n) is 3.04. The molecule has 0 atom stereocenters. The molecular formula is C12H17ClN2O4S. The van der Waals surface area contributed by atoms with Crippen LogP contribution in [0.2, 0.25) is 0 Å². The summed E-state index contributed by atoms with van der Waals surface area (Å²) in [5, 5.41) is 11.4. The van der Waals surface area contributed by atoms with Crippen molar-refractivity contribution in [3.63, 3.8) is 0 Å². The van der Waals surface area contributed by atoms with E-state index in [1.54, 1.807) is 5.38 Å². The van der Waals surface area contributed by atoms with E-state index in [1.807, 2.05) is 6.92 Å². The van der Waals surface area contributed by atoms with E-state index < -0.39 is 5.97 Å². The van der Waals surface area contributed by atoms with Gasteiger partial charge in [-0.2, -0.15) is 0 Å². The van der Waals surface area contributed by atoms with Crippen molar-refractivity contribution in [1.82, 2.24) is 9.88 Å². The van der Waals surface area contributed by atoms with Gasteiger partial charge in [-0.15, -0.1) is 23.7 Å². The van der Waals surface area contributed by atoms with Crippen LogP contribution in [-0.4, -0.2) is 52.7 Å². The molecule has 1 saturated heterocycles. The summed E-state index contributed by atoms with van der Waals surface area (Å²) in [4.78, 5) is 28.8. The molecule has 0 aliphatic carbocycles. The molecule has 6 nitrogen and oxygen atoms in total. The molecule has 8 heteroatoms. The fraction of sp³-hybridized carbons (Fsp3) is 0.583. The molecule has 0 radical (unpaired) electrons. The summed E-state index contributed by atoms with van der Waals surface area (Å²) < 4.78 is 5.25. The Morgan fingerprint density at radius 2 is 2.15 bits per heavy atom. The van der Waals surface area contributed by atoms with Gasteiger partial charge < -0.3 is 14.7 Å². The van der Waals surface area contributed by atoms with Gasteiger partial charge in [0, 0.05) is 24.6 Å². The second-order valence-corrected chi connectivity index (χ2v) is 5.48. The number of halogens is 1. The average molecular weight is 321 g/mol. The fourth-order valence-electron chi connectivity index (χ4n) is 2.12. The lowest BCUT2D eigenvalue weighted by molar-refractivity contribution is -0.138. The maximum absolute atomic E-state index is 12.4. The van der Waals surface area contributed by atoms with Gasteiger partial charge in [0.1, 0.15) is 12.2 Å². The highest BCUT2D eigenvalue weighted by atomic mass is 35.5. The van der Waals surface area contributed by atoms with Crippen molar-refractivity contribution in [3.8, 4) is 0 Å². The van der Waals surface area contributed by atoms with E-state index in [4.69, 9.17) is 9.84 Å². The molecule has 0 aromatic carbocycles. The minimum absolute atomic E-state index is 0. The van der Waals surface area contributed by atoms with Crippen LogP contribution in [0.25, 0.3) is 0 Å². The lowest BCUT2D eigenvalue weighted by atomic mass is 10.1. The predicted molar refractivity (Wildman–Crippen MR) is 76.6 cm³/mol. The molecule has 1 N–H and O–H groups in total. The number of nitrogens with zero attached hydrogens (tertiary/aromatic N) is 2. The number of aliphatic carboxylic acids is 1. The van der Waals surface area contributed by atoms with Crippen LogP contribution in [0.1, 0.15) is 28.3 Å². The first-order chi connectivity index (χ1) is 9.08. The molecule has 1 aliphatic rings. The first kappa shape index (κ1) is 16.9. The zero-order valence-electron chi connectivity index (χ0n) is 11.1. The lowest BCUT2D eigenvalue weighted by Gasteiger charge is -2.32. The molecule has 0 unspecified atom stereocenters. The first-order valence-corrected chi connectivity index (χ1v) is 6.98. The summed E-state index contributed by atoms with van der Waals surface area (Å²) in [6, 6.07) is -0.0839. The number of carboxylic acid groups (broad SMARTS) is 1. The molecule has 0 bridgehead atoms. The number of carbonyl (C=O) groups is 2. The molecule has 2 heterocycles. The minimum Gasteiger partial charge on any atom is -0.480 e. The Bertz CT molecular complexity index is 474. The van der Waals surface area contributed by atoms with Crippen molar-refractivity contribution in [2.45, 2.75) is 25.8 Å². The molecule has 1 fully saturated rings. The molecule has 20 heavy (non-hydrogen) atoms. The van der Waals surface area contributed by atoms with Crippen LogP contribution in [0.15, 0.2) is 5.38 Å². The standard InChI is InChI=1S/C12H16N2O4S.ClH/c1-8-13-10(7-19-8)12(17)14(6-11(15)16)9-2-4-18-5-3-9;/h7,9H,2-6H2,1H3,(H,15,16);1H. The summed E-state index contributed by atoms with van der Waals surface area (Å²) >= 11 is 1.38. The maximum atomic E-state index is 12.4. The number of carbonyl (C=O) groups excluding carboxylic acids is 1. The van der Waals surface area contributed by atoms with Gasteiger partial charge in [-0.1, -0.05) is 0 Å². The Morgan fingerprint density at radius 3 is 2.65 bits per heavy atom. The summed E-state index contributed by atoms with van der Waals surface area (Å²) in [6.07, 6.45) is 1.34. The molecule has 0 saturated carbocycles. The molecule has 2 rings (SSSR count). The van der Waals surface area contributed by atoms with Crippen molar-refractivity contribution in [2.75, 3.05) is 19.8 Å². The van der Waals surface area contributed by atoms with Gasteiger partial charge in [-0.3, -0.25) is 9.59 Å². The van der Waals surface area contributed by atoms with E-state index in [1.165, 1.54) is 16.2 Å². The zero-order valence-corrected chi connectivity index (χ0v) is 12.7. The second kappa shape index (κ2) is 7.56. The molecule has 1 aromatic heterocycles. The second-order valence-electron chi connectivity index (χ2n) is 4.42. The first-order valence-electron chi connectivity index (χ1n) is 6.10. The number of carboxylic acids is 1. The number of aromatic nitrogens is 1. The summed E-state index contributed by atoms with van der Waals surface area (Å²) in [6.45, 7) is 2.64. The van der Waals surface area contributed by atoms with Crippen molar-refractivity contribution in [1.29, 1.82) is 0 Å². The highest BCUT2D eigenvalue weighted by Crippen LogP contribution is 2.18. The van der Waals surface area contributed by atoms with Gasteiger partial charge in [-0.25, -0.2) is 4.98 Å². The monoisotopic (exact) mass is 320 g/mol. The van der Waals surface area contributed by atoms with Crippen LogP contribution < -0.4 is 0 Å². The number of amides is 1. The highest BCUT2D eigenvalue weighted by Gasteiger charge is 2.29. The average Bonchev–Trinajstić information content (AvgIpc) is 2.83. The van der Waals surface area contributed by atoms with Crippen molar-refractivity contribution in [2.24, 2.45) is 0 Å². The number of thiazole rings is 1. The number of hydrogen-bond acceptors (Lipinski definition) is 5. The van der Waals surface area contributed by atoms with Gasteiger partial charge in [-0.05, 0) is 19.8 Å². The molecule has 1 aliphatic heterocycles. The van der Waals surface area contributed by atoms with E-state index >= 15 is 0 Å². The quantitative estimate of drug-likeness (QED) is 0.911. The fourth-order valence-corrected chi connectivity index (χ4v) is 2.70. The van der Waals surface area contributed by atoms with E-state index in [9.17, 15) is 9.59 Å². The van der Waals surface area contributed by atoms with Crippen molar-refractivity contribution >= 4 is 35.6 Å². The van der Waals surface area contributed by atoms with E-state index in [-0.39, 0.29) is 30.9 Å². The van der Waals surface area contributed by atoms with Gasteiger partial charge in [0.2, 0.25) is 0 Å². The van der Waals surface area contributed by atoms with Gasteiger partial charge in [0.05, 0.1) is 5.01 Å². The third kappa shape index (κ3) is 4.16. The van der Waals surface area contributed by atoms with Crippen LogP contribution >= 0.6 is 23.7 Å². The summed E-state index contributed by atoms with van der Waals surface area (Å²) in [5.41, 5.74) is 0.329. The van der Waals surface area contributed by atoms with Crippen LogP contribution in [0.5, 0.6) is 0 Å². The van der Waals surface area contributed by atoms with Crippen LogP contribution in [0.4, 0.5) is 0 Å². The number of hydrogen-bond donors (Lipinski definition) is 1. The van der Waals surface area contributed by atoms with Gasteiger partial charge in [0.25, 0.3) is 5.91 Å². The van der Waals surface area contributed by atoms with Crippen LogP contribution in [0.3, 0.4) is 0 Å². The Kier molecular flexibility index (Phi) is 6.38. The molecule has 112 valence electrons. The predicted octanol–water partition coefficient (Wildman–Crippen LogP) is 1.58. The number of rotatable bonds is 4. The van der Waals surface area contributed by atoms with Gasteiger partial charge in [0.15, 0.2) is 0 Å². The van der Waals surface area contributed by atoms with Gasteiger partial charge >= 0.3 is 5.97 Å². The lowest BCUT2D eigenvalue weighted by Crippen LogP contribution is -2.46. The topological polar surface area (TPSA) is 79.7 Å². The van der Waals surface area contributed by atoms with Crippen molar-refractivity contribution in [3.05, 3.63) is 16.1 Å². The molecule has 0 spiro atoms. The van der Waals surface area contributed by atoms with E-state index in [0.29, 0.717) is 31.7 Å². The molecular weight excluding hydrogens is 304 g/mol. The summed E-state index contributed by atoms with van der Waals surface area (Å²) in [5.74, 6) is -1.31. The number of aryl methyl sites for hydroxylation is 1. The molecule has 1 amide bonds. The van der Waals surface area contributed by atoms with E-state index in [2.05, 4.69) is 4.98 Å². The van der Waals surface area contributed by atoms with Crippen LogP contribution in [-0.2, 0) is 9.53 Å². The normalized spacial score (nSPS) is 15.4. The smallest absolute Gasteiger partial charge is 0.323 e. The Labute approximate surface area is 127 Å². The minimum atomic E-state index is -1.01. The largest absolute Gasteiger partial charge is 0.480 e. The molecule has 1 aromatic rings. The van der Waals surface area contributed by atoms with Crippen LogP contribution in [0, 0.1) is 6.92 Å². The number of ether oxygens (including phenoxy) is 1. The Hall–Kier alpha value is -1.18. The zero-order chi connectivity index (χ0) is 13.8. The van der Waals surface area contributed by atoms with Crippen molar-refractivity contribution < 1.29 is 19.4 Å². The Balaban J connectivity index is 0.00000200. The maximum Gasteiger partial charge on any atom is 0.323 e. The highest BCUT2D eigenvalue weighted by molar-refractivity contribution is 7.09. The third-order valence-corrected chi connectivity index (χ3v) is 3.81. The van der Waals surface area contributed by atoms with E-state index in [0.717, 1.165) is 5.01 Å². The summed E-state index contributed by atoms with van der Waals surface area (Å²) in [7, 11) is 0. The SMILES string of the molecule is Cc1nc(C(=O)N(CC(=O)O)C2CCOCC2)cs1.Cl. The Morgan fingerprint density at radius 1 is 1.50 bits per heavy atom.